The van der Waals surface area contributed by atoms with Gasteiger partial charge < -0.3 is 18.9 Å². The summed E-state index contributed by atoms with van der Waals surface area (Å²) in [7, 11) is 1.63. The Bertz CT molecular complexity index is 947. The summed E-state index contributed by atoms with van der Waals surface area (Å²) in [5.41, 5.74) is 0. The third kappa shape index (κ3) is 41.6. The number of hydrogen-bond donors (Lipinski definition) is 1. The first kappa shape index (κ1) is 51.6. The summed E-state index contributed by atoms with van der Waals surface area (Å²) >= 11 is 0. The van der Waals surface area contributed by atoms with Crippen molar-refractivity contribution in [2.45, 2.75) is 193 Å². The Morgan fingerprint density at radius 1 is 0.585 bits per heavy atom. The van der Waals surface area contributed by atoms with Crippen LogP contribution in [0.1, 0.15) is 187 Å². The molecule has 312 valence electrons. The predicted octanol–water partition coefficient (Wildman–Crippen LogP) is 13.0. The highest BCUT2D eigenvalue weighted by Gasteiger charge is 2.26. The number of ether oxygens (including phenoxy) is 2. The van der Waals surface area contributed by atoms with Gasteiger partial charge in [0.15, 0.2) is 6.10 Å². The zero-order valence-electron chi connectivity index (χ0n) is 35.3. The van der Waals surface area contributed by atoms with E-state index in [1.54, 1.807) is 6.26 Å². The second-order valence-corrected chi connectivity index (χ2v) is 17.2. The quantitative estimate of drug-likeness (QED) is 0.0166. The summed E-state index contributed by atoms with van der Waals surface area (Å²) < 4.78 is 34.7. The Balaban J connectivity index is 4.32. The highest BCUT2D eigenvalue weighted by molar-refractivity contribution is 7.47. The van der Waals surface area contributed by atoms with E-state index in [1.807, 2.05) is 27.2 Å². The monoisotopic (exact) mass is 771 g/mol. The van der Waals surface area contributed by atoms with E-state index in [4.69, 9.17) is 18.5 Å². The number of hydrogen-bond acceptors (Lipinski definition) is 6. The van der Waals surface area contributed by atoms with Crippen molar-refractivity contribution in [2.24, 2.45) is 0 Å². The average molecular weight is 771 g/mol. The van der Waals surface area contributed by atoms with Crippen molar-refractivity contribution in [1.29, 1.82) is 0 Å². The van der Waals surface area contributed by atoms with Crippen molar-refractivity contribution < 1.29 is 37.3 Å². The van der Waals surface area contributed by atoms with Gasteiger partial charge in [0.05, 0.1) is 34.0 Å². The van der Waals surface area contributed by atoms with Gasteiger partial charge in [0.1, 0.15) is 19.8 Å². The molecule has 0 aliphatic carbocycles. The van der Waals surface area contributed by atoms with Crippen LogP contribution in [0.5, 0.6) is 0 Å². The van der Waals surface area contributed by atoms with Gasteiger partial charge in [-0.1, -0.05) is 134 Å². The standard InChI is InChI=1S/C44H84NO7P/c1-6-8-10-12-14-16-18-20-22-24-26-28-30-32-34-36-39-49-41-43(42-51-53(47,48)50-40-38-45(3,4)5)52-44(46)37-35-33-31-29-27-25-23-21-19-17-15-13-11-9-7-2/h17,19-20,22,36,39,43H,6-16,18,21,23-35,37-38,40-42H2,1-5H3/p+1/b19-17-,22-20-,39-36-/t43-/m1/s1. The number of nitrogens with zero attached hydrogens (tertiary/aromatic N) is 1. The molecule has 0 aliphatic heterocycles. The zero-order valence-corrected chi connectivity index (χ0v) is 36.1. The van der Waals surface area contributed by atoms with Crippen LogP contribution in [0.3, 0.4) is 0 Å². The van der Waals surface area contributed by atoms with E-state index in [1.165, 1.54) is 128 Å². The number of carbonyl (C=O) groups is 1. The van der Waals surface area contributed by atoms with Crippen LogP contribution in [-0.4, -0.2) is 69.0 Å². The maximum absolute atomic E-state index is 12.7. The fourth-order valence-corrected chi connectivity index (χ4v) is 6.54. The fraction of sp³-hybridized carbons (Fsp3) is 0.841. The Labute approximate surface area is 327 Å². The van der Waals surface area contributed by atoms with Gasteiger partial charge in [-0.15, -0.1) is 0 Å². The van der Waals surface area contributed by atoms with Crippen molar-refractivity contribution in [1.82, 2.24) is 0 Å². The molecule has 0 saturated carbocycles. The van der Waals surface area contributed by atoms with Crippen molar-refractivity contribution in [2.75, 3.05) is 47.5 Å². The lowest BCUT2D eigenvalue weighted by Gasteiger charge is -2.24. The molecule has 0 heterocycles. The summed E-state index contributed by atoms with van der Waals surface area (Å²) in [5, 5.41) is 0. The molecule has 1 N–H and O–H groups in total. The lowest BCUT2D eigenvalue weighted by molar-refractivity contribution is -0.870. The Morgan fingerprint density at radius 3 is 1.47 bits per heavy atom. The highest BCUT2D eigenvalue weighted by Crippen LogP contribution is 2.43. The number of allylic oxidation sites excluding steroid dienone is 5. The molecule has 2 atom stereocenters. The molecule has 0 aromatic rings. The maximum Gasteiger partial charge on any atom is 0.472 e. The summed E-state index contributed by atoms with van der Waals surface area (Å²) in [5.74, 6) is -0.344. The second kappa shape index (κ2) is 37.5. The second-order valence-electron chi connectivity index (χ2n) is 15.8. The molecule has 0 rings (SSSR count). The number of likely N-dealkylation sites (N-methyl/N-ethyl adjacent to an activating group) is 1. The molecule has 9 heteroatoms. The van der Waals surface area contributed by atoms with Gasteiger partial charge >= 0.3 is 13.8 Å². The van der Waals surface area contributed by atoms with Gasteiger partial charge in [0.2, 0.25) is 0 Å². The van der Waals surface area contributed by atoms with Crippen LogP contribution in [0.15, 0.2) is 36.6 Å². The first-order chi connectivity index (χ1) is 25.6. The molecule has 0 aromatic heterocycles. The first-order valence-electron chi connectivity index (χ1n) is 21.8. The molecular weight excluding hydrogens is 685 g/mol. The minimum Gasteiger partial charge on any atom is -0.498 e. The number of phosphoric ester groups is 1. The fourth-order valence-electron chi connectivity index (χ4n) is 5.80. The van der Waals surface area contributed by atoms with Crippen LogP contribution in [0, 0.1) is 0 Å². The summed E-state index contributed by atoms with van der Waals surface area (Å²) in [6, 6.07) is 0. The number of esters is 1. The zero-order chi connectivity index (χ0) is 39.1. The molecule has 0 radical (unpaired) electrons. The molecule has 0 spiro atoms. The van der Waals surface area contributed by atoms with Crippen LogP contribution in [0.4, 0.5) is 0 Å². The van der Waals surface area contributed by atoms with Crippen molar-refractivity contribution in [3.63, 3.8) is 0 Å². The minimum atomic E-state index is -4.29. The molecule has 53 heavy (non-hydrogen) atoms. The molecule has 0 aromatic carbocycles. The number of carbonyl (C=O) groups excluding carboxylic acids is 1. The summed E-state index contributed by atoms with van der Waals surface area (Å²) in [6.45, 7) is 4.90. The summed E-state index contributed by atoms with van der Waals surface area (Å²) in [6.07, 6.45) is 44.1. The van der Waals surface area contributed by atoms with E-state index >= 15 is 0 Å². The third-order valence-electron chi connectivity index (χ3n) is 9.24. The lowest BCUT2D eigenvalue weighted by atomic mass is 10.1. The smallest absolute Gasteiger partial charge is 0.472 e. The molecule has 0 saturated heterocycles. The number of rotatable bonds is 40. The van der Waals surface area contributed by atoms with E-state index < -0.39 is 13.9 Å². The molecule has 0 amide bonds. The van der Waals surface area contributed by atoms with Crippen LogP contribution >= 0.6 is 7.82 Å². The van der Waals surface area contributed by atoms with E-state index in [-0.39, 0.29) is 25.8 Å². The van der Waals surface area contributed by atoms with E-state index in [0.29, 0.717) is 17.4 Å². The van der Waals surface area contributed by atoms with Crippen LogP contribution in [0.25, 0.3) is 0 Å². The van der Waals surface area contributed by atoms with Gasteiger partial charge in [-0.05, 0) is 76.7 Å². The normalized spacial score (nSPS) is 14.1. The SMILES string of the molecule is CCCCCC/C=C\CCCCCCCCCC(=O)O[C@H](CO/C=C\CCCCCC/C=C\CCCCCCCC)COP(=O)(O)OCC[N+](C)(C)C. The predicted molar refractivity (Wildman–Crippen MR) is 224 cm³/mol. The molecular formula is C44H85NO7P+. The van der Waals surface area contributed by atoms with E-state index in [9.17, 15) is 14.3 Å². The largest absolute Gasteiger partial charge is 0.498 e. The van der Waals surface area contributed by atoms with Crippen LogP contribution < -0.4 is 0 Å². The maximum atomic E-state index is 12.7. The minimum absolute atomic E-state index is 0.0419. The van der Waals surface area contributed by atoms with Gasteiger partial charge in [-0.25, -0.2) is 4.57 Å². The number of phosphoric acid groups is 1. The molecule has 8 nitrogen and oxygen atoms in total. The number of quaternary nitrogens is 1. The van der Waals surface area contributed by atoms with Crippen molar-refractivity contribution in [3.05, 3.63) is 36.6 Å². The average Bonchev–Trinajstić information content (AvgIpc) is 3.11. The Hall–Kier alpha value is -1.44. The van der Waals surface area contributed by atoms with Crippen molar-refractivity contribution >= 4 is 13.8 Å². The van der Waals surface area contributed by atoms with Crippen LogP contribution in [0.2, 0.25) is 0 Å². The molecule has 0 fully saturated rings. The van der Waals surface area contributed by atoms with Crippen LogP contribution in [-0.2, 0) is 27.9 Å². The first-order valence-corrected chi connectivity index (χ1v) is 23.3. The lowest BCUT2D eigenvalue weighted by Crippen LogP contribution is -2.37. The van der Waals surface area contributed by atoms with Gasteiger partial charge in [0, 0.05) is 6.42 Å². The van der Waals surface area contributed by atoms with Crippen molar-refractivity contribution in [3.8, 4) is 0 Å². The van der Waals surface area contributed by atoms with Gasteiger partial charge in [-0.2, -0.15) is 0 Å². The Morgan fingerprint density at radius 2 is 1.00 bits per heavy atom. The molecule has 0 bridgehead atoms. The topological polar surface area (TPSA) is 91.3 Å². The van der Waals surface area contributed by atoms with Gasteiger partial charge in [-0.3, -0.25) is 13.8 Å². The molecule has 1 unspecified atom stereocenters. The summed E-state index contributed by atoms with van der Waals surface area (Å²) in [4.78, 5) is 22.8. The molecule has 0 aliphatic rings. The third-order valence-corrected chi connectivity index (χ3v) is 10.2. The van der Waals surface area contributed by atoms with E-state index in [0.717, 1.165) is 38.5 Å². The van der Waals surface area contributed by atoms with E-state index in [2.05, 4.69) is 38.2 Å². The Kier molecular flexibility index (Phi) is 36.5. The van der Waals surface area contributed by atoms with Gasteiger partial charge in [0.25, 0.3) is 0 Å². The number of unbranched alkanes of at least 4 members (excludes halogenated alkanes) is 22. The highest BCUT2D eigenvalue weighted by atomic mass is 31.2.